The van der Waals surface area contributed by atoms with Gasteiger partial charge in [-0.1, -0.05) is 43.6 Å². The van der Waals surface area contributed by atoms with Crippen LogP contribution in [-0.4, -0.2) is 53.3 Å². The second-order valence-electron chi connectivity index (χ2n) is 9.75. The van der Waals surface area contributed by atoms with E-state index in [4.69, 9.17) is 11.6 Å². The molecule has 208 valence electrons. The first-order valence-corrected chi connectivity index (χ1v) is 13.7. The van der Waals surface area contributed by atoms with Crippen LogP contribution in [0.15, 0.2) is 47.7 Å². The van der Waals surface area contributed by atoms with Crippen molar-refractivity contribution in [1.82, 2.24) is 29.2 Å². The molecule has 4 aromatic rings. The third-order valence-corrected chi connectivity index (χ3v) is 7.59. The summed E-state index contributed by atoms with van der Waals surface area (Å²) < 4.78 is 17.7. The van der Waals surface area contributed by atoms with Crippen LogP contribution in [0.3, 0.4) is 0 Å². The van der Waals surface area contributed by atoms with Gasteiger partial charge in [0.25, 0.3) is 11.5 Å². The van der Waals surface area contributed by atoms with Gasteiger partial charge in [0, 0.05) is 37.9 Å². The Morgan fingerprint density at radius 3 is 2.52 bits per heavy atom. The number of aromatic nitrogens is 5. The third kappa shape index (κ3) is 4.88. The predicted molar refractivity (Wildman–Crippen MR) is 150 cm³/mol. The number of pyridine rings is 1. The largest absolute Gasteiger partial charge is 0.493 e. The van der Waals surface area contributed by atoms with Gasteiger partial charge in [-0.2, -0.15) is 10.1 Å². The first-order valence-electron chi connectivity index (χ1n) is 13.4. The molecule has 1 N–H and O–H groups in total. The Hall–Kier alpha value is -4.05. The standard InChI is InChI=1S/C29H30ClFN6O3/c1-4-17-8-7-9-18(5-2)25(17)37-26(20-13-33-36(6-3)16-20)34-27(38)23(29(37)40)28(39)35-11-10-19(15-35)24-22(31)12-21(30)14-32-24/h7-9,12-14,16,19,40H,4-6,10-11,15H2,1-3H3. The van der Waals surface area contributed by atoms with Crippen LogP contribution in [0.1, 0.15) is 60.3 Å². The summed E-state index contributed by atoms with van der Waals surface area (Å²) >= 11 is 5.85. The summed E-state index contributed by atoms with van der Waals surface area (Å²) in [6.07, 6.45) is 6.46. The van der Waals surface area contributed by atoms with Crippen molar-refractivity contribution in [3.05, 3.63) is 86.4 Å². The molecule has 0 radical (unpaired) electrons. The summed E-state index contributed by atoms with van der Waals surface area (Å²) in [4.78, 5) is 37.0. The van der Waals surface area contributed by atoms with E-state index in [0.29, 0.717) is 37.1 Å². The van der Waals surface area contributed by atoms with Crippen LogP contribution in [-0.2, 0) is 19.4 Å². The minimum absolute atomic E-state index is 0.139. The number of aromatic hydroxyl groups is 1. The van der Waals surface area contributed by atoms with Gasteiger partial charge in [0.05, 0.1) is 28.2 Å². The summed E-state index contributed by atoms with van der Waals surface area (Å²) in [5.74, 6) is -1.87. The third-order valence-electron chi connectivity index (χ3n) is 7.38. The van der Waals surface area contributed by atoms with Crippen molar-refractivity contribution in [2.75, 3.05) is 13.1 Å². The van der Waals surface area contributed by atoms with Crippen molar-refractivity contribution in [1.29, 1.82) is 0 Å². The maximum atomic E-state index is 14.5. The first kappa shape index (κ1) is 27.5. The van der Waals surface area contributed by atoms with E-state index in [2.05, 4.69) is 15.1 Å². The van der Waals surface area contributed by atoms with Crippen molar-refractivity contribution in [3.63, 3.8) is 0 Å². The lowest BCUT2D eigenvalue weighted by Gasteiger charge is -2.23. The molecule has 9 nitrogen and oxygen atoms in total. The molecule has 0 spiro atoms. The molecule has 0 saturated carbocycles. The molecule has 4 heterocycles. The highest BCUT2D eigenvalue weighted by Crippen LogP contribution is 2.34. The van der Waals surface area contributed by atoms with E-state index in [-0.39, 0.29) is 35.5 Å². The number of carbonyl (C=O) groups is 1. The fourth-order valence-corrected chi connectivity index (χ4v) is 5.45. The number of rotatable bonds is 7. The zero-order chi connectivity index (χ0) is 28.6. The van der Waals surface area contributed by atoms with Gasteiger partial charge < -0.3 is 10.0 Å². The molecule has 1 fully saturated rings. The molecule has 1 aliphatic rings. The average molecular weight is 565 g/mol. The highest BCUT2D eigenvalue weighted by molar-refractivity contribution is 6.30. The topological polar surface area (TPSA) is 106 Å². The Balaban J connectivity index is 1.64. The number of nitrogens with zero attached hydrogens (tertiary/aromatic N) is 6. The van der Waals surface area contributed by atoms with E-state index in [0.717, 1.165) is 11.1 Å². The fourth-order valence-electron chi connectivity index (χ4n) is 5.31. The normalized spacial score (nSPS) is 15.1. The van der Waals surface area contributed by atoms with E-state index in [9.17, 15) is 19.1 Å². The Bertz CT molecular complexity index is 1630. The van der Waals surface area contributed by atoms with Crippen LogP contribution >= 0.6 is 11.6 Å². The molecule has 3 aromatic heterocycles. The molecular formula is C29H30ClFN6O3. The lowest BCUT2D eigenvalue weighted by Crippen LogP contribution is -2.34. The van der Waals surface area contributed by atoms with Crippen LogP contribution < -0.4 is 5.56 Å². The number of amides is 1. The number of benzene rings is 1. The van der Waals surface area contributed by atoms with Gasteiger partial charge in [-0.05, 0) is 43.4 Å². The van der Waals surface area contributed by atoms with Gasteiger partial charge in [-0.15, -0.1) is 0 Å². The Morgan fingerprint density at radius 1 is 1.18 bits per heavy atom. The van der Waals surface area contributed by atoms with Crippen molar-refractivity contribution >= 4 is 17.5 Å². The van der Waals surface area contributed by atoms with Crippen LogP contribution in [0.25, 0.3) is 17.1 Å². The zero-order valence-corrected chi connectivity index (χ0v) is 23.3. The molecule has 1 atom stereocenters. The van der Waals surface area contributed by atoms with Gasteiger partial charge >= 0.3 is 0 Å². The summed E-state index contributed by atoms with van der Waals surface area (Å²) in [6.45, 7) is 6.95. The number of para-hydroxylation sites is 1. The summed E-state index contributed by atoms with van der Waals surface area (Å²) in [7, 11) is 0. The summed E-state index contributed by atoms with van der Waals surface area (Å²) in [5, 5.41) is 16.2. The molecule has 40 heavy (non-hydrogen) atoms. The number of hydrogen-bond donors (Lipinski definition) is 1. The van der Waals surface area contributed by atoms with Gasteiger partial charge in [-0.25, -0.2) is 4.39 Å². The summed E-state index contributed by atoms with van der Waals surface area (Å²) in [5.41, 5.74) is 2.01. The Kier molecular flexibility index (Phi) is 7.71. The quantitative estimate of drug-likeness (QED) is 0.347. The number of likely N-dealkylation sites (tertiary alicyclic amines) is 1. The molecule has 1 amide bonds. The minimum atomic E-state index is -0.843. The van der Waals surface area contributed by atoms with Crippen molar-refractivity contribution in [3.8, 4) is 23.0 Å². The molecule has 0 bridgehead atoms. The number of halogens is 2. The average Bonchev–Trinajstić information content (AvgIpc) is 3.63. The molecule has 5 rings (SSSR count). The SMILES string of the molecule is CCc1cccc(CC)c1-n1c(-c2cnn(CC)c2)nc(=O)c(C(=O)N2CCC(c3ncc(Cl)cc3F)C2)c1O. The van der Waals surface area contributed by atoms with Gasteiger partial charge in [0.1, 0.15) is 5.82 Å². The lowest BCUT2D eigenvalue weighted by molar-refractivity contribution is 0.0784. The highest BCUT2D eigenvalue weighted by atomic mass is 35.5. The van der Waals surface area contributed by atoms with E-state index >= 15 is 0 Å². The number of hydrogen-bond acceptors (Lipinski definition) is 6. The van der Waals surface area contributed by atoms with E-state index in [1.807, 2.05) is 39.0 Å². The van der Waals surface area contributed by atoms with E-state index in [1.165, 1.54) is 21.7 Å². The van der Waals surface area contributed by atoms with Gasteiger partial charge in [-0.3, -0.25) is 23.8 Å². The second kappa shape index (κ2) is 11.2. The predicted octanol–water partition coefficient (Wildman–Crippen LogP) is 4.76. The van der Waals surface area contributed by atoms with Crippen LogP contribution in [0.5, 0.6) is 5.88 Å². The monoisotopic (exact) mass is 564 g/mol. The van der Waals surface area contributed by atoms with Gasteiger partial charge in [0.2, 0.25) is 5.88 Å². The van der Waals surface area contributed by atoms with Crippen LogP contribution in [0.4, 0.5) is 4.39 Å². The minimum Gasteiger partial charge on any atom is -0.493 e. The fraction of sp³-hybridized carbons (Fsp3) is 0.345. The molecule has 1 aliphatic heterocycles. The Morgan fingerprint density at radius 2 is 1.90 bits per heavy atom. The van der Waals surface area contributed by atoms with E-state index in [1.54, 1.807) is 17.1 Å². The maximum absolute atomic E-state index is 14.5. The molecule has 1 unspecified atom stereocenters. The van der Waals surface area contributed by atoms with Crippen molar-refractivity contribution < 1.29 is 14.3 Å². The molecular weight excluding hydrogens is 535 g/mol. The van der Waals surface area contributed by atoms with Crippen LogP contribution in [0.2, 0.25) is 5.02 Å². The van der Waals surface area contributed by atoms with E-state index < -0.39 is 28.7 Å². The highest BCUT2D eigenvalue weighted by Gasteiger charge is 2.35. The van der Waals surface area contributed by atoms with Crippen molar-refractivity contribution in [2.24, 2.45) is 0 Å². The molecule has 1 saturated heterocycles. The zero-order valence-electron chi connectivity index (χ0n) is 22.6. The summed E-state index contributed by atoms with van der Waals surface area (Å²) in [6, 6.07) is 7.04. The van der Waals surface area contributed by atoms with Crippen molar-refractivity contribution in [2.45, 2.75) is 52.5 Å². The van der Waals surface area contributed by atoms with Crippen LogP contribution in [0, 0.1) is 5.82 Å². The smallest absolute Gasteiger partial charge is 0.290 e. The lowest BCUT2D eigenvalue weighted by atomic mass is 10.0. The number of carbonyl (C=O) groups excluding carboxylic acids is 1. The second-order valence-corrected chi connectivity index (χ2v) is 10.2. The molecule has 0 aliphatic carbocycles. The number of aryl methyl sites for hydroxylation is 3. The van der Waals surface area contributed by atoms with Gasteiger partial charge in [0.15, 0.2) is 11.4 Å². The maximum Gasteiger partial charge on any atom is 0.290 e. The molecule has 1 aromatic carbocycles. The Labute approximate surface area is 235 Å². The molecule has 11 heteroatoms. The first-order chi connectivity index (χ1) is 19.3.